The summed E-state index contributed by atoms with van der Waals surface area (Å²) < 4.78 is 11.8. The summed E-state index contributed by atoms with van der Waals surface area (Å²) in [6.07, 6.45) is 0. The molecule has 6 heteroatoms. The Morgan fingerprint density at radius 1 is 0.793 bits per heavy atom. The van der Waals surface area contributed by atoms with E-state index in [0.29, 0.717) is 46.3 Å². The number of nitrogens with one attached hydrogen (secondary N) is 1. The smallest absolute Gasteiger partial charge is 0.163 e. The molecule has 3 rings (SSSR count). The maximum absolute atomic E-state index is 6.50. The molecule has 29 heavy (non-hydrogen) atoms. The Morgan fingerprint density at radius 2 is 1.52 bits per heavy atom. The number of anilines is 1. The van der Waals surface area contributed by atoms with Crippen molar-refractivity contribution in [2.75, 3.05) is 11.9 Å². The first-order chi connectivity index (χ1) is 14.0. The van der Waals surface area contributed by atoms with Gasteiger partial charge in [0.2, 0.25) is 0 Å². The molecule has 1 N–H and O–H groups in total. The Hall–Kier alpha value is -2.07. The largest absolute Gasteiger partial charge is 0.490 e. The maximum Gasteiger partial charge on any atom is 0.163 e. The van der Waals surface area contributed by atoms with Crippen LogP contribution in [0.2, 0.25) is 15.1 Å². The summed E-state index contributed by atoms with van der Waals surface area (Å²) in [6, 6.07) is 17.3. The zero-order chi connectivity index (χ0) is 20.8. The molecule has 0 radical (unpaired) electrons. The van der Waals surface area contributed by atoms with Gasteiger partial charge in [-0.1, -0.05) is 64.6 Å². The Kier molecular flexibility index (Phi) is 7.54. The van der Waals surface area contributed by atoms with Gasteiger partial charge in [0, 0.05) is 23.3 Å². The highest BCUT2D eigenvalue weighted by molar-refractivity contribution is 6.42. The lowest BCUT2D eigenvalue weighted by Crippen LogP contribution is -2.04. The highest BCUT2D eigenvalue weighted by atomic mass is 35.5. The zero-order valence-corrected chi connectivity index (χ0v) is 18.5. The van der Waals surface area contributed by atoms with Crippen molar-refractivity contribution < 1.29 is 9.47 Å². The van der Waals surface area contributed by atoms with Crippen LogP contribution in [0.3, 0.4) is 0 Å². The fourth-order valence-corrected chi connectivity index (χ4v) is 3.26. The molecular formula is C23H22Cl3NO2. The third-order valence-electron chi connectivity index (χ3n) is 4.33. The monoisotopic (exact) mass is 449 g/mol. The summed E-state index contributed by atoms with van der Waals surface area (Å²) in [4.78, 5) is 0. The fraction of sp³-hybridized carbons (Fsp3) is 0.217. The molecule has 0 amide bonds. The van der Waals surface area contributed by atoms with Crippen LogP contribution in [0.1, 0.15) is 23.6 Å². The topological polar surface area (TPSA) is 30.5 Å². The molecule has 0 saturated carbocycles. The number of aryl methyl sites for hydroxylation is 1. The van der Waals surface area contributed by atoms with Crippen molar-refractivity contribution >= 4 is 40.5 Å². The quantitative estimate of drug-likeness (QED) is 0.384. The van der Waals surface area contributed by atoms with Gasteiger partial charge in [0.25, 0.3) is 0 Å². The summed E-state index contributed by atoms with van der Waals surface area (Å²) in [5, 5.41) is 4.91. The summed E-state index contributed by atoms with van der Waals surface area (Å²) in [7, 11) is 0. The van der Waals surface area contributed by atoms with E-state index in [0.717, 1.165) is 16.8 Å². The first-order valence-corrected chi connectivity index (χ1v) is 10.4. The molecule has 0 bridgehead atoms. The van der Waals surface area contributed by atoms with E-state index in [4.69, 9.17) is 44.3 Å². The van der Waals surface area contributed by atoms with E-state index in [1.54, 1.807) is 18.2 Å². The summed E-state index contributed by atoms with van der Waals surface area (Å²) >= 11 is 18.5. The molecule has 152 valence electrons. The van der Waals surface area contributed by atoms with Crippen molar-refractivity contribution in [2.24, 2.45) is 0 Å². The van der Waals surface area contributed by atoms with E-state index >= 15 is 0 Å². The average Bonchev–Trinajstić information content (AvgIpc) is 2.70. The highest BCUT2D eigenvalue weighted by Gasteiger charge is 2.12. The van der Waals surface area contributed by atoms with Gasteiger partial charge in [0.15, 0.2) is 11.5 Å². The second-order valence-electron chi connectivity index (χ2n) is 6.58. The van der Waals surface area contributed by atoms with Crippen molar-refractivity contribution in [3.63, 3.8) is 0 Å². The van der Waals surface area contributed by atoms with E-state index in [-0.39, 0.29) is 0 Å². The summed E-state index contributed by atoms with van der Waals surface area (Å²) in [5.74, 6) is 1.28. The van der Waals surface area contributed by atoms with Gasteiger partial charge in [-0.2, -0.15) is 0 Å². The Balaban J connectivity index is 1.74. The van der Waals surface area contributed by atoms with E-state index < -0.39 is 0 Å². The second-order valence-corrected chi connectivity index (χ2v) is 7.80. The lowest BCUT2D eigenvalue weighted by Gasteiger charge is -2.16. The van der Waals surface area contributed by atoms with Crippen LogP contribution in [0.25, 0.3) is 0 Å². The molecular weight excluding hydrogens is 429 g/mol. The minimum atomic E-state index is 0.442. The Bertz CT molecular complexity index is 975. The van der Waals surface area contributed by atoms with E-state index in [1.807, 2.05) is 31.2 Å². The van der Waals surface area contributed by atoms with Crippen LogP contribution in [0.15, 0.2) is 54.6 Å². The van der Waals surface area contributed by atoms with Gasteiger partial charge in [0.1, 0.15) is 6.61 Å². The number of ether oxygens (including phenoxy) is 2. The van der Waals surface area contributed by atoms with Crippen molar-refractivity contribution in [2.45, 2.75) is 27.0 Å². The molecule has 3 nitrogen and oxygen atoms in total. The molecule has 0 spiro atoms. The van der Waals surface area contributed by atoms with Crippen molar-refractivity contribution in [1.82, 2.24) is 0 Å². The third kappa shape index (κ3) is 5.96. The first-order valence-electron chi connectivity index (χ1n) is 9.28. The predicted octanol–water partition coefficient (Wildman–Crippen LogP) is 7.55. The second kappa shape index (κ2) is 10.1. The van der Waals surface area contributed by atoms with Gasteiger partial charge in [-0.3, -0.25) is 0 Å². The minimum Gasteiger partial charge on any atom is -0.490 e. The minimum absolute atomic E-state index is 0.442. The van der Waals surface area contributed by atoms with E-state index in [9.17, 15) is 0 Å². The zero-order valence-electron chi connectivity index (χ0n) is 16.3. The lowest BCUT2D eigenvalue weighted by molar-refractivity contribution is 0.269. The van der Waals surface area contributed by atoms with Gasteiger partial charge in [0.05, 0.1) is 16.7 Å². The molecule has 3 aromatic carbocycles. The predicted molar refractivity (Wildman–Crippen MR) is 122 cm³/mol. The van der Waals surface area contributed by atoms with Crippen LogP contribution < -0.4 is 14.8 Å². The Morgan fingerprint density at radius 3 is 2.21 bits per heavy atom. The molecule has 0 atom stereocenters. The summed E-state index contributed by atoms with van der Waals surface area (Å²) in [6.45, 7) is 5.48. The SMILES string of the molecule is CCOc1cc(CNc2ccc(Cl)c(Cl)c2)c(Cl)cc1OCc1ccc(C)cc1. The number of hydrogen-bond acceptors (Lipinski definition) is 3. The van der Waals surface area contributed by atoms with Crippen LogP contribution >= 0.6 is 34.8 Å². The normalized spacial score (nSPS) is 10.7. The van der Waals surface area contributed by atoms with Crippen molar-refractivity contribution in [3.05, 3.63) is 86.4 Å². The third-order valence-corrected chi connectivity index (χ3v) is 5.42. The average molecular weight is 451 g/mol. The lowest BCUT2D eigenvalue weighted by atomic mass is 10.1. The fourth-order valence-electron chi connectivity index (χ4n) is 2.74. The van der Waals surface area contributed by atoms with Crippen LogP contribution in [0, 0.1) is 6.92 Å². The molecule has 0 heterocycles. The molecule has 0 aliphatic heterocycles. The number of halogens is 3. The van der Waals surface area contributed by atoms with Crippen LogP contribution in [0.5, 0.6) is 11.5 Å². The van der Waals surface area contributed by atoms with Crippen LogP contribution in [0.4, 0.5) is 5.69 Å². The van der Waals surface area contributed by atoms with Gasteiger partial charge < -0.3 is 14.8 Å². The van der Waals surface area contributed by atoms with Crippen molar-refractivity contribution in [3.8, 4) is 11.5 Å². The van der Waals surface area contributed by atoms with Gasteiger partial charge in [-0.05, 0) is 49.2 Å². The molecule has 0 aliphatic carbocycles. The van der Waals surface area contributed by atoms with Crippen LogP contribution in [-0.2, 0) is 13.2 Å². The number of hydrogen-bond donors (Lipinski definition) is 1. The van der Waals surface area contributed by atoms with Crippen LogP contribution in [-0.4, -0.2) is 6.61 Å². The van der Waals surface area contributed by atoms with Crippen molar-refractivity contribution in [1.29, 1.82) is 0 Å². The molecule has 0 fully saturated rings. The number of rotatable bonds is 8. The molecule has 3 aromatic rings. The molecule has 0 unspecified atom stereocenters. The summed E-state index contributed by atoms with van der Waals surface area (Å²) in [5.41, 5.74) is 4.04. The van der Waals surface area contributed by atoms with Gasteiger partial charge in [-0.15, -0.1) is 0 Å². The molecule has 0 saturated heterocycles. The molecule has 0 aliphatic rings. The first kappa shape index (κ1) is 21.6. The van der Waals surface area contributed by atoms with Gasteiger partial charge in [-0.25, -0.2) is 0 Å². The number of benzene rings is 3. The standard InChI is InChI=1S/C23H22Cl3NO2/c1-3-28-22-10-17(13-27-18-8-9-19(24)21(26)11-18)20(25)12-23(22)29-14-16-6-4-15(2)5-7-16/h4-12,27H,3,13-14H2,1-2H3. The van der Waals surface area contributed by atoms with E-state index in [2.05, 4.69) is 24.4 Å². The maximum atomic E-state index is 6.50. The Labute approximate surface area is 186 Å². The van der Waals surface area contributed by atoms with E-state index in [1.165, 1.54) is 5.56 Å². The molecule has 0 aromatic heterocycles. The highest BCUT2D eigenvalue weighted by Crippen LogP contribution is 2.35. The van der Waals surface area contributed by atoms with Gasteiger partial charge >= 0.3 is 0 Å².